The molecule has 0 aromatic carbocycles. The fourth-order valence-electron chi connectivity index (χ4n) is 0.644. The summed E-state index contributed by atoms with van der Waals surface area (Å²) in [6.45, 7) is 0. The first-order chi connectivity index (χ1) is 6.37. The summed E-state index contributed by atoms with van der Waals surface area (Å²) in [4.78, 5) is 10.5. The van der Waals surface area contributed by atoms with E-state index in [0.29, 0.717) is 0 Å². The van der Waals surface area contributed by atoms with Gasteiger partial charge in [0, 0.05) is 0 Å². The molecule has 0 aliphatic rings. The highest BCUT2D eigenvalue weighted by Crippen LogP contribution is 2.03. The van der Waals surface area contributed by atoms with Crippen LogP contribution in [0.5, 0.6) is 0 Å². The van der Waals surface area contributed by atoms with Crippen molar-refractivity contribution in [3.8, 4) is 0 Å². The van der Waals surface area contributed by atoms with Crippen LogP contribution in [-0.2, 0) is 10.1 Å². The largest absolute Gasteiger partial charge is 0.368 e. The van der Waals surface area contributed by atoms with E-state index in [4.69, 9.17) is 16.0 Å². The first-order valence-electron chi connectivity index (χ1n) is 3.33. The summed E-state index contributed by atoms with van der Waals surface area (Å²) in [5.74, 6) is -1.13. The molecule has 0 aliphatic heterocycles. The highest BCUT2D eigenvalue weighted by atomic mass is 32.2. The van der Waals surface area contributed by atoms with Crippen molar-refractivity contribution in [2.24, 2.45) is 0 Å². The van der Waals surface area contributed by atoms with E-state index in [1.807, 2.05) is 0 Å². The van der Waals surface area contributed by atoms with Crippen LogP contribution in [0.25, 0.3) is 0 Å². The van der Waals surface area contributed by atoms with Crippen LogP contribution in [0.2, 0.25) is 0 Å². The van der Waals surface area contributed by atoms with E-state index >= 15 is 0 Å². The zero-order valence-corrected chi connectivity index (χ0v) is 7.69. The number of nitrogens with zero attached hydrogens (tertiary/aromatic N) is 3. The fraction of sp³-hybridized carbons (Fsp3) is 0.250. The molecule has 1 aromatic rings. The molecule has 1 aromatic heterocycles. The molecule has 9 nitrogen and oxygen atoms in total. The van der Waals surface area contributed by atoms with E-state index in [2.05, 4.69) is 20.3 Å². The Morgan fingerprint density at radius 1 is 1.21 bits per heavy atom. The molecule has 0 saturated carbocycles. The molecule has 0 spiro atoms. The lowest BCUT2D eigenvalue weighted by Crippen LogP contribution is -2.16. The Morgan fingerprint density at radius 3 is 2.14 bits per heavy atom. The summed E-state index contributed by atoms with van der Waals surface area (Å²) in [7, 11) is -4.14. The van der Waals surface area contributed by atoms with Gasteiger partial charge in [0.25, 0.3) is 10.1 Å². The Balaban J connectivity index is 2.78. The molecule has 0 aliphatic carbocycles. The predicted molar refractivity (Wildman–Crippen MR) is 48.7 cm³/mol. The average Bonchev–Trinajstić information content (AvgIpc) is 1.97. The van der Waals surface area contributed by atoms with E-state index in [-0.39, 0.29) is 17.8 Å². The fourth-order valence-corrected chi connectivity index (χ4v) is 0.956. The summed E-state index contributed by atoms with van der Waals surface area (Å²) >= 11 is 0. The van der Waals surface area contributed by atoms with Crippen molar-refractivity contribution in [1.29, 1.82) is 0 Å². The molecule has 1 rings (SSSR count). The summed E-state index contributed by atoms with van der Waals surface area (Å²) in [5.41, 5.74) is 10.4. The third kappa shape index (κ3) is 3.37. The Bertz CT molecular complexity index is 410. The van der Waals surface area contributed by atoms with Crippen LogP contribution >= 0.6 is 0 Å². The van der Waals surface area contributed by atoms with Crippen LogP contribution in [0.3, 0.4) is 0 Å². The van der Waals surface area contributed by atoms with Crippen molar-refractivity contribution >= 4 is 28.0 Å². The van der Waals surface area contributed by atoms with Gasteiger partial charge in [-0.05, 0) is 0 Å². The van der Waals surface area contributed by atoms with E-state index in [9.17, 15) is 8.42 Å². The summed E-state index contributed by atoms with van der Waals surface area (Å²) < 4.78 is 29.1. The zero-order chi connectivity index (χ0) is 10.8. The van der Waals surface area contributed by atoms with Crippen LogP contribution in [0.15, 0.2) is 0 Å². The number of nitrogens with one attached hydrogen (secondary N) is 1. The Hall–Kier alpha value is -1.68. The average molecular weight is 220 g/mol. The van der Waals surface area contributed by atoms with Gasteiger partial charge < -0.3 is 16.8 Å². The lowest BCUT2D eigenvalue weighted by Gasteiger charge is -2.02. The van der Waals surface area contributed by atoms with E-state index in [0.717, 1.165) is 0 Å². The normalized spacial score (nSPS) is 11.2. The summed E-state index contributed by atoms with van der Waals surface area (Å²) in [6, 6.07) is 0. The quantitative estimate of drug-likeness (QED) is 0.435. The van der Waals surface area contributed by atoms with Gasteiger partial charge in [-0.1, -0.05) is 0 Å². The van der Waals surface area contributed by atoms with E-state index in [1.165, 1.54) is 0 Å². The molecule has 0 amide bonds. The van der Waals surface area contributed by atoms with Gasteiger partial charge in [0.1, 0.15) is 5.88 Å². The van der Waals surface area contributed by atoms with Crippen molar-refractivity contribution in [3.05, 3.63) is 0 Å². The number of aromatic nitrogens is 3. The third-order valence-electron chi connectivity index (χ3n) is 1.08. The molecule has 0 atom stereocenters. The van der Waals surface area contributed by atoms with Crippen LogP contribution < -0.4 is 16.8 Å². The highest BCUT2D eigenvalue weighted by molar-refractivity contribution is 7.85. The minimum atomic E-state index is -4.14. The molecule has 14 heavy (non-hydrogen) atoms. The van der Waals surface area contributed by atoms with Crippen LogP contribution in [0, 0.1) is 0 Å². The molecular formula is C4H8N6O3S. The minimum Gasteiger partial charge on any atom is -0.368 e. The molecule has 6 N–H and O–H groups in total. The van der Waals surface area contributed by atoms with Gasteiger partial charge in [-0.3, -0.25) is 4.55 Å². The standard InChI is InChI=1S/C4H8N6O3S/c5-2-8-3(6)10-4(9-2)7-1-14(11,12)13/h1H2,(H,11,12,13)(H5,5,6,7,8,9,10). The summed E-state index contributed by atoms with van der Waals surface area (Å²) in [5, 5.41) is 2.21. The number of nitrogens with two attached hydrogens (primary N) is 2. The Morgan fingerprint density at radius 2 is 1.71 bits per heavy atom. The third-order valence-corrected chi connectivity index (χ3v) is 1.59. The molecular weight excluding hydrogens is 212 g/mol. The number of nitrogen functional groups attached to an aromatic ring is 2. The molecule has 0 saturated heterocycles. The predicted octanol–water partition coefficient (Wildman–Crippen LogP) is -1.71. The first-order valence-corrected chi connectivity index (χ1v) is 4.94. The van der Waals surface area contributed by atoms with Crippen molar-refractivity contribution < 1.29 is 13.0 Å². The number of anilines is 3. The minimum absolute atomic E-state index is 0.118. The maximum atomic E-state index is 10.3. The Labute approximate surface area is 79.3 Å². The lowest BCUT2D eigenvalue weighted by molar-refractivity contribution is 0.485. The second-order valence-electron chi connectivity index (χ2n) is 2.28. The molecule has 10 heteroatoms. The molecule has 0 fully saturated rings. The topological polar surface area (TPSA) is 157 Å². The van der Waals surface area contributed by atoms with Crippen LogP contribution in [0.1, 0.15) is 0 Å². The Kier molecular flexibility index (Phi) is 2.67. The second kappa shape index (κ2) is 3.59. The molecule has 78 valence electrons. The maximum absolute atomic E-state index is 10.3. The number of rotatable bonds is 3. The number of hydrogen-bond donors (Lipinski definition) is 4. The van der Waals surface area contributed by atoms with E-state index in [1.54, 1.807) is 0 Å². The van der Waals surface area contributed by atoms with Gasteiger partial charge in [-0.25, -0.2) is 0 Å². The van der Waals surface area contributed by atoms with Gasteiger partial charge in [-0.15, -0.1) is 0 Å². The van der Waals surface area contributed by atoms with Gasteiger partial charge in [0.05, 0.1) is 0 Å². The molecule has 1 heterocycles. The highest BCUT2D eigenvalue weighted by Gasteiger charge is 2.06. The van der Waals surface area contributed by atoms with Crippen molar-refractivity contribution in [3.63, 3.8) is 0 Å². The molecule has 0 unspecified atom stereocenters. The first kappa shape index (κ1) is 10.4. The van der Waals surface area contributed by atoms with Crippen LogP contribution in [0.4, 0.5) is 17.8 Å². The monoisotopic (exact) mass is 220 g/mol. The van der Waals surface area contributed by atoms with Gasteiger partial charge in [0.15, 0.2) is 0 Å². The zero-order valence-electron chi connectivity index (χ0n) is 6.88. The van der Waals surface area contributed by atoms with Crippen molar-refractivity contribution in [2.75, 3.05) is 22.7 Å². The maximum Gasteiger partial charge on any atom is 0.283 e. The molecule has 0 bridgehead atoms. The number of hydrogen-bond acceptors (Lipinski definition) is 8. The SMILES string of the molecule is Nc1nc(N)nc(NCS(=O)(=O)O)n1. The van der Waals surface area contributed by atoms with Gasteiger partial charge in [0.2, 0.25) is 17.8 Å². The van der Waals surface area contributed by atoms with Gasteiger partial charge in [-0.2, -0.15) is 23.4 Å². The lowest BCUT2D eigenvalue weighted by atomic mass is 10.8. The molecule has 0 radical (unpaired) electrons. The van der Waals surface area contributed by atoms with E-state index < -0.39 is 16.0 Å². The smallest absolute Gasteiger partial charge is 0.283 e. The van der Waals surface area contributed by atoms with Gasteiger partial charge >= 0.3 is 0 Å². The van der Waals surface area contributed by atoms with Crippen molar-refractivity contribution in [1.82, 2.24) is 15.0 Å². The van der Waals surface area contributed by atoms with Crippen molar-refractivity contribution in [2.45, 2.75) is 0 Å². The summed E-state index contributed by atoms with van der Waals surface area (Å²) in [6.07, 6.45) is 0. The second-order valence-corrected chi connectivity index (χ2v) is 3.73. The van der Waals surface area contributed by atoms with Crippen LogP contribution in [-0.4, -0.2) is 33.8 Å².